The van der Waals surface area contributed by atoms with Crippen molar-refractivity contribution in [1.29, 1.82) is 0 Å². The zero-order valence-corrected chi connectivity index (χ0v) is 12.8. The molecule has 0 bridgehead atoms. The fourth-order valence-corrected chi connectivity index (χ4v) is 2.73. The van der Waals surface area contributed by atoms with Gasteiger partial charge in [0.15, 0.2) is 0 Å². The van der Waals surface area contributed by atoms with Crippen molar-refractivity contribution in [1.82, 2.24) is 9.80 Å². The Hall–Kier alpha value is -0.0800. The zero-order chi connectivity index (χ0) is 13.1. The molecule has 0 radical (unpaired) electrons. The molecule has 2 nitrogen and oxygen atoms in total. The van der Waals surface area contributed by atoms with E-state index in [1.54, 1.807) is 0 Å². The lowest BCUT2D eigenvalue weighted by Gasteiger charge is -2.42. The maximum absolute atomic E-state index is 2.61. The standard InChI is InChI=1S/C15H32N2/c1-13(2)7-8-17-10-14(11-17)9-16(6)12-15(3,4)5/h13-14H,7-12H2,1-6H3. The number of likely N-dealkylation sites (tertiary alicyclic amines) is 1. The summed E-state index contributed by atoms with van der Waals surface area (Å²) in [5.41, 5.74) is 0.426. The largest absolute Gasteiger partial charge is 0.305 e. The van der Waals surface area contributed by atoms with Crippen LogP contribution in [0.25, 0.3) is 0 Å². The van der Waals surface area contributed by atoms with Crippen LogP contribution in [0.4, 0.5) is 0 Å². The molecule has 0 spiro atoms. The molecule has 1 fully saturated rings. The fraction of sp³-hybridized carbons (Fsp3) is 1.00. The third kappa shape index (κ3) is 6.42. The lowest BCUT2D eigenvalue weighted by molar-refractivity contribution is 0.0622. The molecular formula is C15H32N2. The van der Waals surface area contributed by atoms with Crippen LogP contribution in [-0.4, -0.2) is 49.6 Å². The molecule has 0 unspecified atom stereocenters. The van der Waals surface area contributed by atoms with Crippen LogP contribution >= 0.6 is 0 Å². The molecule has 0 aromatic rings. The van der Waals surface area contributed by atoms with E-state index in [0.717, 1.165) is 11.8 Å². The second kappa shape index (κ2) is 6.19. The van der Waals surface area contributed by atoms with Gasteiger partial charge in [-0.1, -0.05) is 34.6 Å². The highest BCUT2D eigenvalue weighted by molar-refractivity contribution is 4.82. The monoisotopic (exact) mass is 240 g/mol. The van der Waals surface area contributed by atoms with E-state index in [4.69, 9.17) is 0 Å². The average Bonchev–Trinajstić information content (AvgIpc) is 2.04. The van der Waals surface area contributed by atoms with Crippen molar-refractivity contribution in [2.24, 2.45) is 17.3 Å². The minimum atomic E-state index is 0.426. The van der Waals surface area contributed by atoms with Crippen LogP contribution in [0.2, 0.25) is 0 Å². The lowest BCUT2D eigenvalue weighted by Crippen LogP contribution is -2.51. The third-order valence-electron chi connectivity index (χ3n) is 3.37. The van der Waals surface area contributed by atoms with Crippen LogP contribution in [0.5, 0.6) is 0 Å². The molecule has 1 aliphatic heterocycles. The summed E-state index contributed by atoms with van der Waals surface area (Å²) >= 11 is 0. The summed E-state index contributed by atoms with van der Waals surface area (Å²) in [7, 11) is 2.27. The number of rotatable bonds is 6. The minimum Gasteiger partial charge on any atom is -0.305 e. The van der Waals surface area contributed by atoms with Crippen molar-refractivity contribution in [3.63, 3.8) is 0 Å². The highest BCUT2D eigenvalue weighted by Gasteiger charge is 2.27. The molecule has 0 aromatic heterocycles. The summed E-state index contributed by atoms with van der Waals surface area (Å²) < 4.78 is 0. The van der Waals surface area contributed by atoms with Gasteiger partial charge in [0, 0.05) is 26.2 Å². The summed E-state index contributed by atoms with van der Waals surface area (Å²) in [6.07, 6.45) is 1.35. The molecule has 0 amide bonds. The Morgan fingerprint density at radius 1 is 1.24 bits per heavy atom. The topological polar surface area (TPSA) is 6.48 Å². The predicted molar refractivity (Wildman–Crippen MR) is 76.3 cm³/mol. The maximum Gasteiger partial charge on any atom is 0.00343 e. The van der Waals surface area contributed by atoms with Crippen molar-refractivity contribution in [2.75, 3.05) is 39.8 Å². The molecular weight excluding hydrogens is 208 g/mol. The number of hydrogen-bond donors (Lipinski definition) is 0. The van der Waals surface area contributed by atoms with Crippen LogP contribution in [-0.2, 0) is 0 Å². The van der Waals surface area contributed by atoms with E-state index in [0.29, 0.717) is 5.41 Å². The Bertz CT molecular complexity index is 211. The van der Waals surface area contributed by atoms with Gasteiger partial charge in [0.05, 0.1) is 0 Å². The van der Waals surface area contributed by atoms with Gasteiger partial charge in [0.1, 0.15) is 0 Å². The van der Waals surface area contributed by atoms with Gasteiger partial charge in [-0.25, -0.2) is 0 Å². The molecule has 102 valence electrons. The first-order chi connectivity index (χ1) is 7.76. The third-order valence-corrected chi connectivity index (χ3v) is 3.37. The molecule has 17 heavy (non-hydrogen) atoms. The van der Waals surface area contributed by atoms with E-state index in [2.05, 4.69) is 51.5 Å². The van der Waals surface area contributed by atoms with Crippen LogP contribution in [0.15, 0.2) is 0 Å². The first-order valence-electron chi connectivity index (χ1n) is 7.17. The van der Waals surface area contributed by atoms with Gasteiger partial charge in [-0.05, 0) is 37.3 Å². The average molecular weight is 240 g/mol. The van der Waals surface area contributed by atoms with E-state index in [1.165, 1.54) is 39.1 Å². The second-order valence-corrected chi connectivity index (χ2v) is 7.57. The van der Waals surface area contributed by atoms with E-state index in [9.17, 15) is 0 Å². The van der Waals surface area contributed by atoms with E-state index in [1.807, 2.05) is 0 Å². The first-order valence-corrected chi connectivity index (χ1v) is 7.17. The van der Waals surface area contributed by atoms with E-state index in [-0.39, 0.29) is 0 Å². The Labute approximate surface area is 108 Å². The van der Waals surface area contributed by atoms with Crippen molar-refractivity contribution in [3.05, 3.63) is 0 Å². The number of hydrogen-bond acceptors (Lipinski definition) is 2. The highest BCUT2D eigenvalue weighted by atomic mass is 15.2. The normalized spacial score (nSPS) is 19.1. The van der Waals surface area contributed by atoms with Gasteiger partial charge in [-0.3, -0.25) is 0 Å². The lowest BCUT2D eigenvalue weighted by atomic mass is 9.94. The SMILES string of the molecule is CC(C)CCN1CC(CN(C)CC(C)(C)C)C1. The zero-order valence-electron chi connectivity index (χ0n) is 12.8. The van der Waals surface area contributed by atoms with Crippen molar-refractivity contribution in [2.45, 2.75) is 41.0 Å². The maximum atomic E-state index is 2.61. The summed E-state index contributed by atoms with van der Waals surface area (Å²) in [6.45, 7) is 18.0. The molecule has 1 aliphatic rings. The molecule has 1 heterocycles. The van der Waals surface area contributed by atoms with Gasteiger partial charge in [-0.2, -0.15) is 0 Å². The molecule has 0 saturated carbocycles. The molecule has 2 heteroatoms. The van der Waals surface area contributed by atoms with Crippen LogP contribution in [0.3, 0.4) is 0 Å². The first kappa shape index (κ1) is 15.0. The molecule has 1 rings (SSSR count). The fourth-order valence-electron chi connectivity index (χ4n) is 2.73. The molecule has 1 saturated heterocycles. The van der Waals surface area contributed by atoms with Crippen molar-refractivity contribution >= 4 is 0 Å². The smallest absolute Gasteiger partial charge is 0.00343 e. The van der Waals surface area contributed by atoms with Crippen LogP contribution in [0.1, 0.15) is 41.0 Å². The Balaban J connectivity index is 2.08. The summed E-state index contributed by atoms with van der Waals surface area (Å²) in [4.78, 5) is 5.11. The Morgan fingerprint density at radius 2 is 1.82 bits per heavy atom. The summed E-state index contributed by atoms with van der Waals surface area (Å²) in [6, 6.07) is 0. The molecule has 0 aliphatic carbocycles. The van der Waals surface area contributed by atoms with Gasteiger partial charge in [-0.15, -0.1) is 0 Å². The van der Waals surface area contributed by atoms with Crippen LogP contribution in [0, 0.1) is 17.3 Å². The van der Waals surface area contributed by atoms with Crippen LogP contribution < -0.4 is 0 Å². The van der Waals surface area contributed by atoms with Crippen molar-refractivity contribution < 1.29 is 0 Å². The summed E-state index contributed by atoms with van der Waals surface area (Å²) in [5, 5.41) is 0. The summed E-state index contributed by atoms with van der Waals surface area (Å²) in [5.74, 6) is 1.76. The van der Waals surface area contributed by atoms with Crippen molar-refractivity contribution in [3.8, 4) is 0 Å². The predicted octanol–water partition coefficient (Wildman–Crippen LogP) is 2.94. The van der Waals surface area contributed by atoms with Gasteiger partial charge in [0.25, 0.3) is 0 Å². The highest BCUT2D eigenvalue weighted by Crippen LogP contribution is 2.20. The molecule has 0 aromatic carbocycles. The Morgan fingerprint density at radius 3 is 2.29 bits per heavy atom. The van der Waals surface area contributed by atoms with E-state index < -0.39 is 0 Å². The quantitative estimate of drug-likeness (QED) is 0.704. The van der Waals surface area contributed by atoms with Gasteiger partial charge in [0.2, 0.25) is 0 Å². The van der Waals surface area contributed by atoms with Gasteiger partial charge >= 0.3 is 0 Å². The Kier molecular flexibility index (Phi) is 5.46. The second-order valence-electron chi connectivity index (χ2n) is 7.57. The van der Waals surface area contributed by atoms with Gasteiger partial charge < -0.3 is 9.80 Å². The minimum absolute atomic E-state index is 0.426. The van der Waals surface area contributed by atoms with E-state index >= 15 is 0 Å². The molecule has 0 N–H and O–H groups in total. The number of nitrogens with zero attached hydrogens (tertiary/aromatic N) is 2. The molecule has 0 atom stereocenters.